The molecule has 1 aliphatic rings. The van der Waals surface area contributed by atoms with Gasteiger partial charge in [-0.05, 0) is 55.7 Å². The number of nitrogens with one attached hydrogen (secondary N) is 2. The minimum atomic E-state index is -0.320. The number of carbonyl (C=O) groups is 2. The fraction of sp³-hybridized carbons (Fsp3) is 0.333. The Balaban J connectivity index is 1.44. The van der Waals surface area contributed by atoms with Crippen molar-refractivity contribution in [3.8, 4) is 0 Å². The molecular weight excluding hydrogens is 376 g/mol. The molecule has 1 aliphatic heterocycles. The van der Waals surface area contributed by atoms with E-state index in [4.69, 9.17) is 0 Å². The summed E-state index contributed by atoms with van der Waals surface area (Å²) in [4.78, 5) is 28.8. The van der Waals surface area contributed by atoms with Crippen LogP contribution in [0.3, 0.4) is 0 Å². The second kappa shape index (κ2) is 10.6. The van der Waals surface area contributed by atoms with Crippen LogP contribution in [0.15, 0.2) is 60.7 Å². The number of nitrogens with zero attached hydrogens (tertiary/aromatic N) is 2. The molecule has 0 aromatic heterocycles. The lowest BCUT2D eigenvalue weighted by Gasteiger charge is -2.25. The fourth-order valence-electron chi connectivity index (χ4n) is 3.62. The number of hydrogen-bond acceptors (Lipinski definition) is 4. The maximum absolute atomic E-state index is 12.3. The van der Waals surface area contributed by atoms with E-state index in [0.29, 0.717) is 5.56 Å². The monoisotopic (exact) mass is 406 g/mol. The average Bonchev–Trinajstić information content (AvgIpc) is 2.80. The number of anilines is 1. The molecule has 2 N–H and O–H groups in total. The highest BCUT2D eigenvalue weighted by Crippen LogP contribution is 2.21. The van der Waals surface area contributed by atoms with E-state index in [1.165, 1.54) is 11.1 Å². The third-order valence-electron chi connectivity index (χ3n) is 5.38. The van der Waals surface area contributed by atoms with Crippen LogP contribution in [0, 0.1) is 0 Å². The van der Waals surface area contributed by atoms with Crippen molar-refractivity contribution in [1.29, 1.82) is 0 Å². The van der Waals surface area contributed by atoms with E-state index >= 15 is 0 Å². The van der Waals surface area contributed by atoms with Gasteiger partial charge in [0.2, 0.25) is 0 Å². The zero-order chi connectivity index (χ0) is 21.3. The summed E-state index contributed by atoms with van der Waals surface area (Å²) < 4.78 is 0. The largest absolute Gasteiger partial charge is 0.372 e. The third-order valence-corrected chi connectivity index (χ3v) is 5.38. The summed E-state index contributed by atoms with van der Waals surface area (Å²) in [5.41, 5.74) is 9.17. The van der Waals surface area contributed by atoms with Gasteiger partial charge in [0.1, 0.15) is 0 Å². The molecule has 30 heavy (non-hydrogen) atoms. The maximum Gasteiger partial charge on any atom is 0.269 e. The molecule has 0 saturated carbocycles. The van der Waals surface area contributed by atoms with Crippen molar-refractivity contribution in [2.24, 2.45) is 0 Å². The van der Waals surface area contributed by atoms with Gasteiger partial charge in [-0.2, -0.15) is 0 Å². The van der Waals surface area contributed by atoms with E-state index < -0.39 is 0 Å². The molecule has 0 spiro atoms. The first-order chi connectivity index (χ1) is 14.6. The first-order valence-corrected chi connectivity index (χ1v) is 10.5. The molecule has 158 valence electrons. The Bertz CT molecular complexity index is 874. The van der Waals surface area contributed by atoms with Crippen LogP contribution in [0.5, 0.6) is 0 Å². The van der Waals surface area contributed by atoms with Gasteiger partial charge < -0.3 is 4.90 Å². The molecular formula is C24H30N4O2. The Morgan fingerprint density at radius 3 is 2.27 bits per heavy atom. The first-order valence-electron chi connectivity index (χ1n) is 10.5. The molecule has 0 bridgehead atoms. The maximum atomic E-state index is 12.3. The third kappa shape index (κ3) is 5.70. The summed E-state index contributed by atoms with van der Waals surface area (Å²) in [6.07, 6.45) is 3.07. The molecule has 0 unspecified atom stereocenters. The van der Waals surface area contributed by atoms with Gasteiger partial charge in [0.15, 0.2) is 0 Å². The van der Waals surface area contributed by atoms with E-state index in [1.54, 1.807) is 12.1 Å². The standard InChI is InChI=1S/C24H30N4O2/c1-3-28(4-2)22-12-10-21(11-13-22)24(30)26-25-23(29)18-27-16-14-20(15-17-27)19-8-6-5-7-9-19/h5-14H,3-4,15-18H2,1-2H3,(H,25,29)(H,26,30). The highest BCUT2D eigenvalue weighted by molar-refractivity contribution is 5.95. The quantitative estimate of drug-likeness (QED) is 0.694. The summed E-state index contributed by atoms with van der Waals surface area (Å²) in [7, 11) is 0. The number of benzene rings is 2. The lowest BCUT2D eigenvalue weighted by molar-refractivity contribution is -0.122. The van der Waals surface area contributed by atoms with Crippen molar-refractivity contribution < 1.29 is 9.59 Å². The van der Waals surface area contributed by atoms with Gasteiger partial charge in [-0.15, -0.1) is 0 Å². The molecule has 0 aliphatic carbocycles. The summed E-state index contributed by atoms with van der Waals surface area (Å²) in [6.45, 7) is 7.81. The van der Waals surface area contributed by atoms with Crippen LogP contribution in [0.1, 0.15) is 36.2 Å². The number of hydrazine groups is 1. The van der Waals surface area contributed by atoms with Gasteiger partial charge in [-0.1, -0.05) is 36.4 Å². The van der Waals surface area contributed by atoms with Crippen LogP contribution in [0.4, 0.5) is 5.69 Å². The smallest absolute Gasteiger partial charge is 0.269 e. The number of hydrogen-bond donors (Lipinski definition) is 2. The normalized spacial score (nSPS) is 14.0. The average molecular weight is 407 g/mol. The van der Waals surface area contributed by atoms with E-state index in [-0.39, 0.29) is 18.4 Å². The molecule has 0 saturated heterocycles. The van der Waals surface area contributed by atoms with Crippen LogP contribution in [-0.2, 0) is 4.79 Å². The van der Waals surface area contributed by atoms with Crippen molar-refractivity contribution in [2.45, 2.75) is 20.3 Å². The second-order valence-electron chi connectivity index (χ2n) is 7.30. The number of rotatable bonds is 7. The predicted molar refractivity (Wildman–Crippen MR) is 121 cm³/mol. The van der Waals surface area contributed by atoms with E-state index in [1.807, 2.05) is 30.3 Å². The van der Waals surface area contributed by atoms with Gasteiger partial charge in [-0.25, -0.2) is 0 Å². The van der Waals surface area contributed by atoms with Crippen LogP contribution in [0.2, 0.25) is 0 Å². The van der Waals surface area contributed by atoms with E-state index in [0.717, 1.165) is 38.3 Å². The number of carbonyl (C=O) groups excluding carboxylic acids is 2. The minimum Gasteiger partial charge on any atom is -0.372 e. The Labute approximate surface area is 178 Å². The zero-order valence-corrected chi connectivity index (χ0v) is 17.7. The molecule has 0 radical (unpaired) electrons. The molecule has 2 aromatic carbocycles. The Kier molecular flexibility index (Phi) is 7.63. The predicted octanol–water partition coefficient (Wildman–Crippen LogP) is 3.08. The van der Waals surface area contributed by atoms with Crippen molar-refractivity contribution >= 4 is 23.1 Å². The van der Waals surface area contributed by atoms with Crippen molar-refractivity contribution in [3.05, 3.63) is 71.8 Å². The van der Waals surface area contributed by atoms with Crippen LogP contribution in [-0.4, -0.2) is 49.4 Å². The topological polar surface area (TPSA) is 64.7 Å². The molecule has 3 rings (SSSR count). The van der Waals surface area contributed by atoms with Gasteiger partial charge in [-0.3, -0.25) is 25.3 Å². The molecule has 6 heteroatoms. The SMILES string of the molecule is CCN(CC)c1ccc(C(=O)NNC(=O)CN2CC=C(c3ccccc3)CC2)cc1. The summed E-state index contributed by atoms with van der Waals surface area (Å²) >= 11 is 0. The van der Waals surface area contributed by atoms with Gasteiger partial charge in [0, 0.05) is 37.4 Å². The summed E-state index contributed by atoms with van der Waals surface area (Å²) in [5.74, 6) is -0.543. The van der Waals surface area contributed by atoms with Gasteiger partial charge >= 0.3 is 0 Å². The minimum absolute atomic E-state index is 0.223. The molecule has 0 atom stereocenters. The van der Waals surface area contributed by atoms with Crippen LogP contribution >= 0.6 is 0 Å². The highest BCUT2D eigenvalue weighted by atomic mass is 16.2. The van der Waals surface area contributed by atoms with E-state index in [9.17, 15) is 9.59 Å². The summed E-state index contributed by atoms with van der Waals surface area (Å²) in [6, 6.07) is 17.7. The van der Waals surface area contributed by atoms with E-state index in [2.05, 4.69) is 52.7 Å². The fourth-order valence-corrected chi connectivity index (χ4v) is 3.62. The lowest BCUT2D eigenvalue weighted by atomic mass is 10.00. The second-order valence-corrected chi connectivity index (χ2v) is 7.30. The van der Waals surface area contributed by atoms with Gasteiger partial charge in [0.05, 0.1) is 6.54 Å². The highest BCUT2D eigenvalue weighted by Gasteiger charge is 2.16. The Hall–Kier alpha value is -3.12. The molecule has 1 heterocycles. The zero-order valence-electron chi connectivity index (χ0n) is 17.7. The lowest BCUT2D eigenvalue weighted by Crippen LogP contribution is -2.47. The number of amides is 2. The first kappa shape index (κ1) is 21.6. The van der Waals surface area contributed by atoms with Crippen molar-refractivity contribution in [3.63, 3.8) is 0 Å². The summed E-state index contributed by atoms with van der Waals surface area (Å²) in [5, 5.41) is 0. The Morgan fingerprint density at radius 1 is 0.967 bits per heavy atom. The molecule has 6 nitrogen and oxygen atoms in total. The van der Waals surface area contributed by atoms with Crippen LogP contribution < -0.4 is 15.8 Å². The van der Waals surface area contributed by atoms with Crippen molar-refractivity contribution in [1.82, 2.24) is 15.8 Å². The molecule has 0 fully saturated rings. The van der Waals surface area contributed by atoms with Crippen molar-refractivity contribution in [2.75, 3.05) is 37.6 Å². The molecule has 2 amide bonds. The molecule has 2 aromatic rings. The van der Waals surface area contributed by atoms with Gasteiger partial charge in [0.25, 0.3) is 11.8 Å². The van der Waals surface area contributed by atoms with Crippen LogP contribution in [0.25, 0.3) is 5.57 Å². The Morgan fingerprint density at radius 2 is 1.67 bits per heavy atom.